The molecule has 0 radical (unpaired) electrons. The second-order valence-electron chi connectivity index (χ2n) is 26.8. The third kappa shape index (κ3) is 16.5. The molecule has 97 heavy (non-hydrogen) atoms. The molecular weight excluding hydrogens is 1250 g/mol. The number of rotatable bonds is 29. The quantitative estimate of drug-likeness (QED) is 0.0107. The molecule has 24 heteroatoms. The van der Waals surface area contributed by atoms with E-state index >= 15 is 9.59 Å². The van der Waals surface area contributed by atoms with E-state index in [9.17, 15) is 58.5 Å². The lowest BCUT2D eigenvalue weighted by molar-refractivity contribution is -0.312. The summed E-state index contributed by atoms with van der Waals surface area (Å²) in [7, 11) is 0. The monoisotopic (exact) mass is 1340 g/mol. The Morgan fingerprint density at radius 2 is 1.38 bits per heavy atom. The number of phenolic OH excluding ortho intramolecular Hbond substituents is 1. The number of ether oxygens (including phenoxy) is 4. The summed E-state index contributed by atoms with van der Waals surface area (Å²) in [6, 6.07) is 26.8. The number of hydrogen-bond acceptors (Lipinski definition) is 18. The van der Waals surface area contributed by atoms with Gasteiger partial charge in [0.15, 0.2) is 5.78 Å². The van der Waals surface area contributed by atoms with E-state index in [0.717, 1.165) is 0 Å². The second kappa shape index (κ2) is 31.2. The number of nitrogens with two attached hydrogens (primary N) is 2. The first-order chi connectivity index (χ1) is 45.9. The maximum atomic E-state index is 15.5. The Morgan fingerprint density at radius 1 is 0.753 bits per heavy atom. The van der Waals surface area contributed by atoms with E-state index in [1.54, 1.807) is 138 Å². The second-order valence-corrected chi connectivity index (χ2v) is 26.8. The van der Waals surface area contributed by atoms with Crippen molar-refractivity contribution in [3.63, 3.8) is 0 Å². The van der Waals surface area contributed by atoms with Gasteiger partial charge < -0.3 is 67.0 Å². The molecule has 1 aliphatic heterocycles. The molecule has 4 aromatic carbocycles. The van der Waals surface area contributed by atoms with E-state index in [2.05, 4.69) is 21.3 Å². The number of carbonyl (C=O) groups excluding carboxylic acids is 11. The minimum atomic E-state index is -2.16. The van der Waals surface area contributed by atoms with E-state index in [0.29, 0.717) is 22.3 Å². The number of benzene rings is 4. The molecule has 2 bridgehead atoms. The van der Waals surface area contributed by atoms with Crippen molar-refractivity contribution in [1.82, 2.24) is 21.3 Å². The van der Waals surface area contributed by atoms with Gasteiger partial charge in [0, 0.05) is 78.9 Å². The molecule has 0 aromatic heterocycles. The van der Waals surface area contributed by atoms with Crippen molar-refractivity contribution >= 4 is 71.0 Å². The van der Waals surface area contributed by atoms with Crippen LogP contribution in [0.4, 0.5) is 0 Å². The molecular formula is C73H88N6O18. The summed E-state index contributed by atoms with van der Waals surface area (Å²) >= 11 is 0. The molecule has 24 nitrogen and oxygen atoms in total. The molecule has 14 atom stereocenters. The molecule has 1 saturated heterocycles. The number of unbranched alkanes of at least 4 members (excludes halogenated alkanes) is 1. The van der Waals surface area contributed by atoms with E-state index < -0.39 is 167 Å². The molecule has 6 amide bonds. The number of carbonyl (C=O) groups is 11. The van der Waals surface area contributed by atoms with Gasteiger partial charge in [-0.05, 0) is 111 Å². The lowest BCUT2D eigenvalue weighted by atomic mass is 9.41. The van der Waals surface area contributed by atoms with Gasteiger partial charge in [-0.25, -0.2) is 9.59 Å². The van der Waals surface area contributed by atoms with Gasteiger partial charge in [0.05, 0.1) is 42.3 Å². The smallest absolute Gasteiger partial charge is 0.350 e. The molecule has 518 valence electrons. The Bertz CT molecular complexity index is 3660. The Balaban J connectivity index is 0.933. The zero-order chi connectivity index (χ0) is 70.7. The van der Waals surface area contributed by atoms with Gasteiger partial charge in [-0.3, -0.25) is 43.2 Å². The molecule has 2 unspecified atom stereocenters. The number of Topliss-reactive ketones (excluding diaryl/α,β-unsaturated/α-hetero) is 2. The maximum Gasteiger partial charge on any atom is 0.350 e. The van der Waals surface area contributed by atoms with Crippen LogP contribution in [-0.4, -0.2) is 142 Å². The van der Waals surface area contributed by atoms with Crippen LogP contribution in [0, 0.1) is 34.0 Å². The largest absolute Gasteiger partial charge is 0.508 e. The molecule has 1 heterocycles. The predicted molar refractivity (Wildman–Crippen MR) is 352 cm³/mol. The third-order valence-corrected chi connectivity index (χ3v) is 20.1. The first-order valence-electron chi connectivity index (χ1n) is 32.7. The number of aliphatic hydroxyl groups excluding tert-OH is 1. The molecule has 8 rings (SSSR count). The van der Waals surface area contributed by atoms with Crippen LogP contribution in [0.1, 0.15) is 151 Å². The standard InChI is InChI=1S/C73H88N6O18/c1-41-52(39-73(93)64(97-68(91)47-23-15-10-16-24-47)62-71(6)40-94-54(71)38-53(82)72(62,7)63(87)42(2)59(41)70(73,4)5)95-69(92)61(60(45-19-11-8-12-20-45)79-67(90)46-21-13-9-14-22-46)96-58(86)35-34-55(83)76-36-18-17-25-50(66(75)89)78-57(85)33-29-48(65(74)88)37-51(81)43(3)77-56(84)32-28-44-26-30-49(80)31-27-44/h8-16,19-24,26-28,30-32,42-43,48,50,52-54,60-62,64,80,82,93H,17-18,25,29,33-40H2,1-7H3,(H2,74,88)(H2,75,89)(H,76,83)(H,77,84)(H,78,85)(H,79,90)/b32-28+/t42-,43?,48-,50?,52+,53+,54-,60-,61-,62-,64+,71-,72-,73-/m1/s1. The highest BCUT2D eigenvalue weighted by atomic mass is 16.6. The molecule has 11 N–H and O–H groups in total. The molecule has 2 saturated carbocycles. The number of ketones is 2. The van der Waals surface area contributed by atoms with Gasteiger partial charge in [-0.1, -0.05) is 107 Å². The average Bonchev–Trinajstić information content (AvgIpc) is 0.674. The summed E-state index contributed by atoms with van der Waals surface area (Å²) < 4.78 is 25.1. The number of aliphatic hydroxyl groups is 2. The van der Waals surface area contributed by atoms with Crippen molar-refractivity contribution < 1.29 is 87.0 Å². The summed E-state index contributed by atoms with van der Waals surface area (Å²) in [5.41, 5.74) is 7.15. The molecule has 0 spiro atoms. The van der Waals surface area contributed by atoms with E-state index in [4.69, 9.17) is 30.4 Å². The van der Waals surface area contributed by atoms with Gasteiger partial charge in [0.25, 0.3) is 5.91 Å². The van der Waals surface area contributed by atoms with E-state index in [-0.39, 0.29) is 80.8 Å². The number of hydrogen-bond donors (Lipinski definition) is 9. The van der Waals surface area contributed by atoms with Crippen LogP contribution in [0.5, 0.6) is 5.75 Å². The highest BCUT2D eigenvalue weighted by molar-refractivity contribution is 5.98. The Kier molecular flexibility index (Phi) is 23.6. The van der Waals surface area contributed by atoms with Crippen molar-refractivity contribution in [3.8, 4) is 5.75 Å². The third-order valence-electron chi connectivity index (χ3n) is 20.1. The Morgan fingerprint density at radius 3 is 1.99 bits per heavy atom. The number of phenols is 1. The van der Waals surface area contributed by atoms with Gasteiger partial charge in [0.1, 0.15) is 41.4 Å². The average molecular weight is 1340 g/mol. The van der Waals surface area contributed by atoms with Crippen molar-refractivity contribution in [2.24, 2.45) is 45.5 Å². The summed E-state index contributed by atoms with van der Waals surface area (Å²) in [5.74, 6) is -11.2. The highest BCUT2D eigenvalue weighted by Crippen LogP contribution is 2.66. The van der Waals surface area contributed by atoms with Crippen LogP contribution >= 0.6 is 0 Å². The first-order valence-corrected chi connectivity index (χ1v) is 32.7. The van der Waals surface area contributed by atoms with Crippen molar-refractivity contribution in [2.75, 3.05) is 13.2 Å². The van der Waals surface area contributed by atoms with Crippen LogP contribution in [0.25, 0.3) is 6.08 Å². The summed E-state index contributed by atoms with van der Waals surface area (Å²) in [6.07, 6.45) is -5.67. The molecule has 3 aliphatic carbocycles. The maximum absolute atomic E-state index is 15.5. The molecule has 4 aliphatic rings. The highest BCUT2D eigenvalue weighted by Gasteiger charge is 2.75. The Hall–Kier alpha value is -9.39. The summed E-state index contributed by atoms with van der Waals surface area (Å²) in [6.45, 7) is 12.0. The number of primary amides is 2. The topological polar surface area (TPSA) is 386 Å². The molecule has 3 fully saturated rings. The number of amides is 6. The lowest BCUT2D eigenvalue weighted by Crippen LogP contribution is -2.77. The van der Waals surface area contributed by atoms with Crippen LogP contribution in [0.3, 0.4) is 0 Å². The lowest BCUT2D eigenvalue weighted by Gasteiger charge is -2.68. The van der Waals surface area contributed by atoms with Crippen molar-refractivity contribution in [1.29, 1.82) is 0 Å². The minimum Gasteiger partial charge on any atom is -0.508 e. The normalized spacial score (nSPS) is 25.4. The van der Waals surface area contributed by atoms with Gasteiger partial charge in [-0.2, -0.15) is 0 Å². The summed E-state index contributed by atoms with van der Waals surface area (Å²) in [4.78, 5) is 150. The SMILES string of the molecule is CC1=C2[C@@H](C)C(=O)[C@@]3(C)[C@H]([C@H](OC(=O)c4ccccc4)[C@](O)(C[C@@H]1OC(=O)[C@H](OC(=O)CCC(=O)NCCCCC(NC(=O)CC[C@H](CC(=O)C(C)NC(=O)/C=C/c1ccc(O)cc1)C(N)=O)C(N)=O)[C@H](NC(=O)c1ccccc1)c1ccccc1)C2(C)C)[C@]1(C)CO[C@@H]1C[C@@H]3O. The number of fused-ring (bicyclic) bond motifs is 5. The zero-order valence-corrected chi connectivity index (χ0v) is 55.6. The predicted octanol–water partition coefficient (Wildman–Crippen LogP) is 5.50. The van der Waals surface area contributed by atoms with Gasteiger partial charge in [0.2, 0.25) is 35.6 Å². The Labute approximate surface area is 563 Å². The fourth-order valence-electron chi connectivity index (χ4n) is 14.5. The van der Waals surface area contributed by atoms with Crippen LogP contribution in [-0.2, 0) is 62.1 Å². The van der Waals surface area contributed by atoms with E-state index in [1.165, 1.54) is 31.2 Å². The van der Waals surface area contributed by atoms with Gasteiger partial charge in [-0.15, -0.1) is 0 Å². The van der Waals surface area contributed by atoms with Crippen LogP contribution in [0.15, 0.2) is 132 Å². The summed E-state index contributed by atoms with van der Waals surface area (Å²) in [5, 5.41) is 46.1. The van der Waals surface area contributed by atoms with Crippen LogP contribution < -0.4 is 32.7 Å². The fourth-order valence-corrected chi connectivity index (χ4v) is 14.5. The first kappa shape index (κ1) is 73.4. The number of esters is 3. The van der Waals surface area contributed by atoms with Crippen molar-refractivity contribution in [3.05, 3.63) is 155 Å². The fraction of sp³-hybridized carbons (Fsp3) is 0.466. The van der Waals surface area contributed by atoms with E-state index in [1.807, 2.05) is 6.92 Å². The zero-order valence-electron chi connectivity index (χ0n) is 55.6. The van der Waals surface area contributed by atoms with Crippen molar-refractivity contribution in [2.45, 2.75) is 167 Å². The molecule has 4 aromatic rings. The van der Waals surface area contributed by atoms with Gasteiger partial charge >= 0.3 is 17.9 Å². The number of nitrogens with one attached hydrogen (secondary N) is 4. The minimum absolute atomic E-state index is 0.0492. The van der Waals surface area contributed by atoms with Crippen LogP contribution in [0.2, 0.25) is 0 Å². The number of aromatic hydroxyl groups is 1.